The Balaban J connectivity index is 2.23. The van der Waals surface area contributed by atoms with E-state index in [0.29, 0.717) is 13.4 Å². The third-order valence-corrected chi connectivity index (χ3v) is 2.55. The average Bonchev–Trinajstić information content (AvgIpc) is 2.77. The number of fused-ring (bicyclic) bond motifs is 1. The molecule has 90 valence electrons. The third-order valence-electron chi connectivity index (χ3n) is 2.55. The van der Waals surface area contributed by atoms with E-state index in [1.54, 1.807) is 6.92 Å². The van der Waals surface area contributed by atoms with Crippen molar-refractivity contribution < 1.29 is 14.2 Å². The van der Waals surface area contributed by atoms with Crippen LogP contribution in [0, 0.1) is 11.8 Å². The SMILES string of the molecule is CC#CCOc1cc2c(cc1CCC)OCO2. The van der Waals surface area contributed by atoms with Crippen LogP contribution in [-0.2, 0) is 6.42 Å². The zero-order valence-electron chi connectivity index (χ0n) is 10.2. The summed E-state index contributed by atoms with van der Waals surface area (Å²) in [4.78, 5) is 0. The lowest BCUT2D eigenvalue weighted by molar-refractivity contribution is 0.174. The minimum atomic E-state index is 0.291. The van der Waals surface area contributed by atoms with Crippen LogP contribution >= 0.6 is 0 Å². The van der Waals surface area contributed by atoms with Crippen molar-refractivity contribution in [2.24, 2.45) is 0 Å². The molecule has 1 aromatic rings. The van der Waals surface area contributed by atoms with Crippen molar-refractivity contribution in [3.63, 3.8) is 0 Å². The second kappa shape index (κ2) is 5.49. The van der Waals surface area contributed by atoms with Gasteiger partial charge in [0.25, 0.3) is 0 Å². The molecule has 0 bridgehead atoms. The standard InChI is InChI=1S/C14H16O3/c1-3-5-7-15-12-9-14-13(16-10-17-14)8-11(12)6-4-2/h8-9H,4,6-7,10H2,1-2H3. The first-order chi connectivity index (χ1) is 8.35. The maximum absolute atomic E-state index is 5.65. The molecule has 0 aliphatic carbocycles. The lowest BCUT2D eigenvalue weighted by atomic mass is 10.1. The Hall–Kier alpha value is -1.82. The quantitative estimate of drug-likeness (QED) is 0.747. The zero-order chi connectivity index (χ0) is 12.1. The van der Waals surface area contributed by atoms with Crippen LogP contribution in [0.1, 0.15) is 25.8 Å². The first-order valence-electron chi connectivity index (χ1n) is 5.80. The van der Waals surface area contributed by atoms with E-state index in [1.807, 2.05) is 12.1 Å². The highest BCUT2D eigenvalue weighted by Gasteiger charge is 2.17. The van der Waals surface area contributed by atoms with Gasteiger partial charge in [0.1, 0.15) is 12.4 Å². The smallest absolute Gasteiger partial charge is 0.231 e. The summed E-state index contributed by atoms with van der Waals surface area (Å²) in [7, 11) is 0. The summed E-state index contributed by atoms with van der Waals surface area (Å²) in [6, 6.07) is 3.89. The normalized spacial score (nSPS) is 11.9. The molecule has 0 fully saturated rings. The molecule has 0 atom stereocenters. The molecule has 0 aromatic heterocycles. The molecule has 0 N–H and O–H groups in total. The summed E-state index contributed by atoms with van der Waals surface area (Å²) in [6.07, 6.45) is 2.03. The Morgan fingerprint density at radius 2 is 2.06 bits per heavy atom. The lowest BCUT2D eigenvalue weighted by Gasteiger charge is -2.10. The van der Waals surface area contributed by atoms with E-state index >= 15 is 0 Å². The largest absolute Gasteiger partial charge is 0.481 e. The third kappa shape index (κ3) is 2.65. The maximum Gasteiger partial charge on any atom is 0.231 e. The molecule has 3 nitrogen and oxygen atoms in total. The molecule has 0 saturated heterocycles. The van der Waals surface area contributed by atoms with Gasteiger partial charge in [-0.15, -0.1) is 5.92 Å². The Labute approximate surface area is 102 Å². The van der Waals surface area contributed by atoms with Crippen LogP contribution in [0.3, 0.4) is 0 Å². The number of hydrogen-bond acceptors (Lipinski definition) is 3. The fourth-order valence-electron chi connectivity index (χ4n) is 1.75. The van der Waals surface area contributed by atoms with Crippen molar-refractivity contribution in [1.29, 1.82) is 0 Å². The van der Waals surface area contributed by atoms with Gasteiger partial charge in [-0.1, -0.05) is 19.3 Å². The lowest BCUT2D eigenvalue weighted by Crippen LogP contribution is -1.98. The fraction of sp³-hybridized carbons (Fsp3) is 0.429. The summed E-state index contributed by atoms with van der Waals surface area (Å²) in [6.45, 7) is 4.64. The topological polar surface area (TPSA) is 27.7 Å². The maximum atomic E-state index is 5.65. The summed E-state index contributed by atoms with van der Waals surface area (Å²) < 4.78 is 16.3. The van der Waals surface area contributed by atoms with Crippen LogP contribution in [0.25, 0.3) is 0 Å². The van der Waals surface area contributed by atoms with Crippen LogP contribution in [0.5, 0.6) is 17.2 Å². The Bertz CT molecular complexity index is 455. The molecule has 0 spiro atoms. The van der Waals surface area contributed by atoms with Crippen molar-refractivity contribution in [1.82, 2.24) is 0 Å². The van der Waals surface area contributed by atoms with Crippen LogP contribution in [0.4, 0.5) is 0 Å². The Morgan fingerprint density at radius 1 is 1.29 bits per heavy atom. The average molecular weight is 232 g/mol. The number of hydrogen-bond donors (Lipinski definition) is 0. The monoisotopic (exact) mass is 232 g/mol. The first-order valence-corrected chi connectivity index (χ1v) is 5.80. The molecule has 2 rings (SSSR count). The van der Waals surface area contributed by atoms with Gasteiger partial charge in [-0.2, -0.15) is 0 Å². The summed E-state index contributed by atoms with van der Waals surface area (Å²) >= 11 is 0. The number of aryl methyl sites for hydroxylation is 1. The fourth-order valence-corrected chi connectivity index (χ4v) is 1.75. The van der Waals surface area contributed by atoms with E-state index in [0.717, 1.165) is 35.7 Å². The molecule has 0 saturated carbocycles. The van der Waals surface area contributed by atoms with E-state index < -0.39 is 0 Å². The summed E-state index contributed by atoms with van der Waals surface area (Å²) in [5.41, 5.74) is 1.15. The highest BCUT2D eigenvalue weighted by atomic mass is 16.7. The van der Waals surface area contributed by atoms with Gasteiger partial charge in [-0.25, -0.2) is 0 Å². The minimum absolute atomic E-state index is 0.291. The van der Waals surface area contributed by atoms with Crippen LogP contribution in [0.15, 0.2) is 12.1 Å². The summed E-state index contributed by atoms with van der Waals surface area (Å²) in [5.74, 6) is 8.11. The van der Waals surface area contributed by atoms with Gasteiger partial charge in [0, 0.05) is 6.07 Å². The van der Waals surface area contributed by atoms with Gasteiger partial charge in [0.15, 0.2) is 11.5 Å². The van der Waals surface area contributed by atoms with Crippen molar-refractivity contribution in [3.8, 4) is 29.1 Å². The van der Waals surface area contributed by atoms with Crippen molar-refractivity contribution in [3.05, 3.63) is 17.7 Å². The number of ether oxygens (including phenoxy) is 3. The van der Waals surface area contributed by atoms with E-state index in [-0.39, 0.29) is 0 Å². The van der Waals surface area contributed by atoms with Crippen molar-refractivity contribution >= 4 is 0 Å². The molecular weight excluding hydrogens is 216 g/mol. The number of benzene rings is 1. The highest BCUT2D eigenvalue weighted by molar-refractivity contribution is 5.52. The van der Waals surface area contributed by atoms with Gasteiger partial charge in [-0.05, 0) is 25.0 Å². The molecule has 17 heavy (non-hydrogen) atoms. The molecule has 0 unspecified atom stereocenters. The summed E-state index contributed by atoms with van der Waals surface area (Å²) in [5, 5.41) is 0. The van der Waals surface area contributed by atoms with Crippen molar-refractivity contribution in [2.75, 3.05) is 13.4 Å². The number of rotatable bonds is 4. The van der Waals surface area contributed by atoms with E-state index in [2.05, 4.69) is 18.8 Å². The van der Waals surface area contributed by atoms with Gasteiger partial charge >= 0.3 is 0 Å². The second-order valence-electron chi connectivity index (χ2n) is 3.78. The van der Waals surface area contributed by atoms with Crippen LogP contribution in [0.2, 0.25) is 0 Å². The Kier molecular flexibility index (Phi) is 3.77. The Morgan fingerprint density at radius 3 is 2.76 bits per heavy atom. The van der Waals surface area contributed by atoms with Gasteiger partial charge in [0.05, 0.1) is 0 Å². The minimum Gasteiger partial charge on any atom is -0.481 e. The molecule has 3 heteroatoms. The molecular formula is C14H16O3. The van der Waals surface area contributed by atoms with Crippen LogP contribution in [-0.4, -0.2) is 13.4 Å². The molecule has 0 radical (unpaired) electrons. The first kappa shape index (κ1) is 11.7. The van der Waals surface area contributed by atoms with Crippen molar-refractivity contribution in [2.45, 2.75) is 26.7 Å². The van der Waals surface area contributed by atoms with Gasteiger partial charge < -0.3 is 14.2 Å². The predicted molar refractivity (Wildman–Crippen MR) is 65.5 cm³/mol. The molecule has 0 amide bonds. The molecule has 1 heterocycles. The van der Waals surface area contributed by atoms with E-state index in [4.69, 9.17) is 14.2 Å². The van der Waals surface area contributed by atoms with E-state index in [1.165, 1.54) is 0 Å². The molecule has 1 aliphatic heterocycles. The zero-order valence-corrected chi connectivity index (χ0v) is 10.2. The highest BCUT2D eigenvalue weighted by Crippen LogP contribution is 2.38. The van der Waals surface area contributed by atoms with Crippen LogP contribution < -0.4 is 14.2 Å². The van der Waals surface area contributed by atoms with Gasteiger partial charge in [0.2, 0.25) is 6.79 Å². The molecule has 1 aromatic carbocycles. The second-order valence-corrected chi connectivity index (χ2v) is 3.78. The predicted octanol–water partition coefficient (Wildman–Crippen LogP) is 2.77. The molecule has 1 aliphatic rings. The van der Waals surface area contributed by atoms with Gasteiger partial charge in [-0.3, -0.25) is 0 Å². The van der Waals surface area contributed by atoms with E-state index in [9.17, 15) is 0 Å².